The van der Waals surface area contributed by atoms with Gasteiger partial charge in [0.2, 0.25) is 0 Å². The Morgan fingerprint density at radius 2 is 2.21 bits per heavy atom. The summed E-state index contributed by atoms with van der Waals surface area (Å²) in [5.41, 5.74) is 1.22. The zero-order valence-corrected chi connectivity index (χ0v) is 9.01. The maximum Gasteiger partial charge on any atom is 0.122 e. The molecule has 1 rings (SSSR count). The van der Waals surface area contributed by atoms with Crippen LogP contribution >= 0.6 is 12.2 Å². The van der Waals surface area contributed by atoms with Gasteiger partial charge in [-0.05, 0) is 30.3 Å². The van der Waals surface area contributed by atoms with Crippen molar-refractivity contribution < 1.29 is 4.74 Å². The standard InChI is InChI=1S/C11H13NOS/c1-2-10-5-3-4-6-11(10)13-8-7-12-9-14/h3-6H,2,7-8H2,1H3. The van der Waals surface area contributed by atoms with Crippen LogP contribution in [0.15, 0.2) is 29.3 Å². The lowest BCUT2D eigenvalue weighted by molar-refractivity contribution is 0.326. The lowest BCUT2D eigenvalue weighted by Gasteiger charge is -2.08. The van der Waals surface area contributed by atoms with E-state index in [0.29, 0.717) is 13.2 Å². The number of benzene rings is 1. The average Bonchev–Trinajstić information content (AvgIpc) is 2.25. The second kappa shape index (κ2) is 6.30. The molecule has 0 radical (unpaired) electrons. The van der Waals surface area contributed by atoms with E-state index in [1.54, 1.807) is 0 Å². The van der Waals surface area contributed by atoms with Gasteiger partial charge < -0.3 is 4.74 Å². The van der Waals surface area contributed by atoms with Gasteiger partial charge in [-0.25, -0.2) is 4.99 Å². The minimum Gasteiger partial charge on any atom is -0.491 e. The van der Waals surface area contributed by atoms with E-state index in [9.17, 15) is 0 Å². The summed E-state index contributed by atoms with van der Waals surface area (Å²) >= 11 is 4.46. The van der Waals surface area contributed by atoms with Crippen molar-refractivity contribution in [2.24, 2.45) is 4.99 Å². The van der Waals surface area contributed by atoms with E-state index >= 15 is 0 Å². The molecule has 0 atom stereocenters. The summed E-state index contributed by atoms with van der Waals surface area (Å²) in [6, 6.07) is 8.02. The first kappa shape index (κ1) is 10.9. The molecule has 0 aliphatic rings. The maximum absolute atomic E-state index is 5.55. The van der Waals surface area contributed by atoms with Gasteiger partial charge in [-0.3, -0.25) is 0 Å². The van der Waals surface area contributed by atoms with Gasteiger partial charge in [0, 0.05) is 0 Å². The number of thiocarbonyl (C=S) groups is 1. The van der Waals surface area contributed by atoms with Crippen LogP contribution in [0.4, 0.5) is 0 Å². The van der Waals surface area contributed by atoms with Crippen LogP contribution in [0.25, 0.3) is 0 Å². The highest BCUT2D eigenvalue weighted by molar-refractivity contribution is 7.78. The van der Waals surface area contributed by atoms with Crippen LogP contribution in [-0.2, 0) is 6.42 Å². The third kappa shape index (κ3) is 3.29. The highest BCUT2D eigenvalue weighted by atomic mass is 32.1. The van der Waals surface area contributed by atoms with E-state index in [1.165, 1.54) is 5.56 Å². The molecule has 14 heavy (non-hydrogen) atoms. The minimum absolute atomic E-state index is 0.556. The second-order valence-electron chi connectivity index (χ2n) is 2.78. The Morgan fingerprint density at radius 3 is 2.93 bits per heavy atom. The normalized spacial score (nSPS) is 9.21. The summed E-state index contributed by atoms with van der Waals surface area (Å²) in [4.78, 5) is 3.78. The van der Waals surface area contributed by atoms with Crippen molar-refractivity contribution in [3.8, 4) is 5.75 Å². The quantitative estimate of drug-likeness (QED) is 0.420. The van der Waals surface area contributed by atoms with Crippen LogP contribution in [0.5, 0.6) is 5.75 Å². The number of ether oxygens (including phenoxy) is 1. The van der Waals surface area contributed by atoms with E-state index in [0.717, 1.165) is 12.2 Å². The Morgan fingerprint density at radius 1 is 1.43 bits per heavy atom. The molecule has 74 valence electrons. The highest BCUT2D eigenvalue weighted by Crippen LogP contribution is 2.17. The lowest BCUT2D eigenvalue weighted by Crippen LogP contribution is -2.02. The van der Waals surface area contributed by atoms with Crippen molar-refractivity contribution in [3.63, 3.8) is 0 Å². The van der Waals surface area contributed by atoms with E-state index in [2.05, 4.69) is 35.4 Å². The topological polar surface area (TPSA) is 21.6 Å². The molecular weight excluding hydrogens is 194 g/mol. The van der Waals surface area contributed by atoms with Crippen LogP contribution in [0.2, 0.25) is 0 Å². The van der Waals surface area contributed by atoms with E-state index < -0.39 is 0 Å². The summed E-state index contributed by atoms with van der Waals surface area (Å²) in [5.74, 6) is 0.939. The predicted octanol–water partition coefficient (Wildman–Crippen LogP) is 2.73. The Kier molecular flexibility index (Phi) is 4.90. The Labute approximate surface area is 89.6 Å². The maximum atomic E-state index is 5.55. The van der Waals surface area contributed by atoms with Crippen LogP contribution in [0.3, 0.4) is 0 Å². The Hall–Kier alpha value is -1.18. The number of hydrogen-bond acceptors (Lipinski definition) is 3. The number of aryl methyl sites for hydroxylation is 1. The number of para-hydroxylation sites is 1. The molecule has 0 spiro atoms. The van der Waals surface area contributed by atoms with Gasteiger partial charge in [-0.1, -0.05) is 25.1 Å². The molecule has 0 saturated heterocycles. The van der Waals surface area contributed by atoms with Crippen molar-refractivity contribution >= 4 is 17.4 Å². The smallest absolute Gasteiger partial charge is 0.122 e. The van der Waals surface area contributed by atoms with Gasteiger partial charge in [-0.2, -0.15) is 0 Å². The molecule has 3 heteroatoms. The largest absolute Gasteiger partial charge is 0.491 e. The van der Waals surface area contributed by atoms with Gasteiger partial charge in [0.25, 0.3) is 0 Å². The van der Waals surface area contributed by atoms with Crippen LogP contribution in [-0.4, -0.2) is 18.3 Å². The van der Waals surface area contributed by atoms with Gasteiger partial charge in [-0.15, -0.1) is 0 Å². The number of hydrogen-bond donors (Lipinski definition) is 0. The van der Waals surface area contributed by atoms with Gasteiger partial charge in [0.05, 0.1) is 11.7 Å². The van der Waals surface area contributed by atoms with Crippen molar-refractivity contribution in [3.05, 3.63) is 29.8 Å². The Bertz CT molecular complexity index is 332. The molecule has 1 aromatic rings. The molecule has 0 bridgehead atoms. The van der Waals surface area contributed by atoms with Crippen molar-refractivity contribution in [2.75, 3.05) is 13.2 Å². The van der Waals surface area contributed by atoms with Gasteiger partial charge >= 0.3 is 0 Å². The molecule has 0 unspecified atom stereocenters. The molecule has 0 saturated carbocycles. The monoisotopic (exact) mass is 207 g/mol. The summed E-state index contributed by atoms with van der Waals surface area (Å²) < 4.78 is 5.55. The number of aliphatic imine (C=N–C) groups is 1. The highest BCUT2D eigenvalue weighted by Gasteiger charge is 1.98. The molecule has 2 nitrogen and oxygen atoms in total. The molecule has 0 amide bonds. The molecule has 0 N–H and O–H groups in total. The number of rotatable bonds is 5. The first-order valence-electron chi connectivity index (χ1n) is 4.62. The van der Waals surface area contributed by atoms with E-state index in [4.69, 9.17) is 4.74 Å². The fourth-order valence-electron chi connectivity index (χ4n) is 1.18. The fraction of sp³-hybridized carbons (Fsp3) is 0.364. The molecule has 0 fully saturated rings. The Balaban J connectivity index is 2.52. The summed E-state index contributed by atoms with van der Waals surface area (Å²) in [6.45, 7) is 3.24. The first-order valence-corrected chi connectivity index (χ1v) is 5.03. The second-order valence-corrected chi connectivity index (χ2v) is 2.97. The first-order chi connectivity index (χ1) is 6.88. The van der Waals surface area contributed by atoms with Gasteiger partial charge in [0.1, 0.15) is 12.4 Å². The molecule has 0 aromatic heterocycles. The molecule has 0 aliphatic heterocycles. The lowest BCUT2D eigenvalue weighted by atomic mass is 10.1. The number of nitrogens with zero attached hydrogens (tertiary/aromatic N) is 1. The van der Waals surface area contributed by atoms with Crippen LogP contribution in [0, 0.1) is 0 Å². The fourth-order valence-corrected chi connectivity index (χ4v) is 1.27. The minimum atomic E-state index is 0.556. The van der Waals surface area contributed by atoms with Crippen molar-refractivity contribution in [1.82, 2.24) is 0 Å². The SMILES string of the molecule is CCc1ccccc1OCCN=C=S. The third-order valence-electron chi connectivity index (χ3n) is 1.88. The van der Waals surface area contributed by atoms with Gasteiger partial charge in [0.15, 0.2) is 0 Å². The van der Waals surface area contributed by atoms with Crippen molar-refractivity contribution in [1.29, 1.82) is 0 Å². The van der Waals surface area contributed by atoms with E-state index in [1.807, 2.05) is 18.2 Å². The average molecular weight is 207 g/mol. The summed E-state index contributed by atoms with van der Waals surface area (Å²) in [7, 11) is 0. The van der Waals surface area contributed by atoms with Crippen LogP contribution in [0.1, 0.15) is 12.5 Å². The number of isothiocyanates is 1. The zero-order chi connectivity index (χ0) is 10.2. The molecule has 0 heterocycles. The molecule has 0 aliphatic carbocycles. The van der Waals surface area contributed by atoms with Crippen molar-refractivity contribution in [2.45, 2.75) is 13.3 Å². The summed E-state index contributed by atoms with van der Waals surface area (Å²) in [5, 5.41) is 2.31. The predicted molar refractivity (Wildman–Crippen MR) is 61.2 cm³/mol. The summed E-state index contributed by atoms with van der Waals surface area (Å²) in [6.07, 6.45) is 0.979. The van der Waals surface area contributed by atoms with Crippen LogP contribution < -0.4 is 4.74 Å². The zero-order valence-electron chi connectivity index (χ0n) is 8.19. The van der Waals surface area contributed by atoms with E-state index in [-0.39, 0.29) is 0 Å². The molecular formula is C11H13NOS. The molecule has 1 aromatic carbocycles. The third-order valence-corrected chi connectivity index (χ3v) is 2.01.